The fourth-order valence-electron chi connectivity index (χ4n) is 2.59. The number of aromatic amines is 1. The zero-order valence-corrected chi connectivity index (χ0v) is 9.89. The fraction of sp³-hybridized carbons (Fsp3) is 0.462. The zero-order chi connectivity index (χ0) is 11.7. The molecular weight excluding hydrogens is 212 g/mol. The Morgan fingerprint density at radius 2 is 2.29 bits per heavy atom. The molecule has 1 aliphatic rings. The SMILES string of the molecule is NC1CCCN(Cc2[nH]nc3ccccc23)C1. The fourth-order valence-corrected chi connectivity index (χ4v) is 2.59. The van der Waals surface area contributed by atoms with Crippen LogP contribution in [0.3, 0.4) is 0 Å². The number of H-pyrrole nitrogens is 1. The highest BCUT2D eigenvalue weighted by Gasteiger charge is 2.18. The van der Waals surface area contributed by atoms with Crippen molar-refractivity contribution in [2.24, 2.45) is 5.73 Å². The maximum absolute atomic E-state index is 6.00. The molecule has 3 N–H and O–H groups in total. The Hall–Kier alpha value is -1.39. The second kappa shape index (κ2) is 4.47. The molecule has 0 saturated carbocycles. The van der Waals surface area contributed by atoms with E-state index in [2.05, 4.69) is 27.2 Å². The van der Waals surface area contributed by atoms with E-state index in [1.807, 2.05) is 12.1 Å². The first-order valence-electron chi connectivity index (χ1n) is 6.23. The first-order chi connectivity index (χ1) is 8.33. The van der Waals surface area contributed by atoms with Crippen LogP contribution in [0.15, 0.2) is 24.3 Å². The minimum Gasteiger partial charge on any atom is -0.327 e. The lowest BCUT2D eigenvalue weighted by Crippen LogP contribution is -2.42. The summed E-state index contributed by atoms with van der Waals surface area (Å²) in [5.41, 5.74) is 8.25. The van der Waals surface area contributed by atoms with E-state index >= 15 is 0 Å². The van der Waals surface area contributed by atoms with Gasteiger partial charge in [-0.3, -0.25) is 10.00 Å². The quantitative estimate of drug-likeness (QED) is 0.821. The normalized spacial score (nSPS) is 22.1. The predicted molar refractivity (Wildman–Crippen MR) is 68.6 cm³/mol. The Morgan fingerprint density at radius 1 is 1.41 bits per heavy atom. The van der Waals surface area contributed by atoms with Crippen molar-refractivity contribution in [2.45, 2.75) is 25.4 Å². The van der Waals surface area contributed by atoms with Gasteiger partial charge in [-0.05, 0) is 25.5 Å². The molecule has 1 aromatic heterocycles. The molecule has 0 amide bonds. The molecule has 1 atom stereocenters. The van der Waals surface area contributed by atoms with Gasteiger partial charge in [-0.2, -0.15) is 5.10 Å². The zero-order valence-electron chi connectivity index (χ0n) is 9.89. The molecule has 1 unspecified atom stereocenters. The molecule has 0 spiro atoms. The van der Waals surface area contributed by atoms with Crippen molar-refractivity contribution in [3.05, 3.63) is 30.0 Å². The molecule has 3 rings (SSSR count). The molecule has 2 heterocycles. The number of nitrogens with two attached hydrogens (primary N) is 1. The van der Waals surface area contributed by atoms with Gasteiger partial charge in [-0.15, -0.1) is 0 Å². The van der Waals surface area contributed by atoms with Crippen LogP contribution in [0.25, 0.3) is 10.9 Å². The minimum atomic E-state index is 0.331. The number of aromatic nitrogens is 2. The van der Waals surface area contributed by atoms with Crippen LogP contribution >= 0.6 is 0 Å². The van der Waals surface area contributed by atoms with Crippen LogP contribution in [0.1, 0.15) is 18.5 Å². The van der Waals surface area contributed by atoms with E-state index in [9.17, 15) is 0 Å². The molecular formula is C13H18N4. The van der Waals surface area contributed by atoms with Crippen molar-refractivity contribution in [3.63, 3.8) is 0 Å². The van der Waals surface area contributed by atoms with Gasteiger partial charge in [0.2, 0.25) is 0 Å². The largest absolute Gasteiger partial charge is 0.327 e. The first-order valence-corrected chi connectivity index (χ1v) is 6.23. The van der Waals surface area contributed by atoms with E-state index in [0.717, 1.165) is 31.6 Å². The first kappa shape index (κ1) is 10.7. The van der Waals surface area contributed by atoms with Crippen molar-refractivity contribution in [2.75, 3.05) is 13.1 Å². The standard InChI is InChI=1S/C13H18N4/c14-10-4-3-7-17(8-10)9-13-11-5-1-2-6-12(11)15-16-13/h1-2,5-6,10H,3-4,7-9,14H2,(H,15,16). The molecule has 2 aromatic rings. The van der Waals surface area contributed by atoms with Gasteiger partial charge >= 0.3 is 0 Å². The van der Waals surface area contributed by atoms with Gasteiger partial charge in [0.1, 0.15) is 0 Å². The number of rotatable bonds is 2. The average Bonchev–Trinajstić information content (AvgIpc) is 2.73. The summed E-state index contributed by atoms with van der Waals surface area (Å²) in [5, 5.41) is 8.69. The predicted octanol–water partition coefficient (Wildman–Crippen LogP) is 1.49. The van der Waals surface area contributed by atoms with Crippen molar-refractivity contribution in [1.29, 1.82) is 0 Å². The van der Waals surface area contributed by atoms with Crippen LogP contribution in [-0.2, 0) is 6.54 Å². The molecule has 1 saturated heterocycles. The summed E-state index contributed by atoms with van der Waals surface area (Å²) in [6.07, 6.45) is 2.35. The summed E-state index contributed by atoms with van der Waals surface area (Å²) in [7, 11) is 0. The van der Waals surface area contributed by atoms with Crippen LogP contribution in [0.2, 0.25) is 0 Å². The number of piperidine rings is 1. The summed E-state index contributed by atoms with van der Waals surface area (Å²) < 4.78 is 0. The van der Waals surface area contributed by atoms with Crippen molar-refractivity contribution >= 4 is 10.9 Å². The van der Waals surface area contributed by atoms with E-state index in [1.54, 1.807) is 0 Å². The maximum Gasteiger partial charge on any atom is 0.0924 e. The summed E-state index contributed by atoms with van der Waals surface area (Å²) in [6, 6.07) is 8.57. The summed E-state index contributed by atoms with van der Waals surface area (Å²) in [5.74, 6) is 0. The van der Waals surface area contributed by atoms with Gasteiger partial charge in [-0.1, -0.05) is 18.2 Å². The highest BCUT2D eigenvalue weighted by atomic mass is 15.2. The van der Waals surface area contributed by atoms with Crippen molar-refractivity contribution in [1.82, 2.24) is 15.1 Å². The molecule has 1 aliphatic heterocycles. The van der Waals surface area contributed by atoms with Gasteiger partial charge in [0.25, 0.3) is 0 Å². The van der Waals surface area contributed by atoms with E-state index in [-0.39, 0.29) is 0 Å². The lowest BCUT2D eigenvalue weighted by molar-refractivity contribution is 0.200. The maximum atomic E-state index is 6.00. The smallest absolute Gasteiger partial charge is 0.0924 e. The van der Waals surface area contributed by atoms with E-state index in [4.69, 9.17) is 5.73 Å². The third-order valence-electron chi connectivity index (χ3n) is 3.46. The number of fused-ring (bicyclic) bond motifs is 1. The van der Waals surface area contributed by atoms with E-state index < -0.39 is 0 Å². The second-order valence-electron chi connectivity index (χ2n) is 4.86. The molecule has 0 radical (unpaired) electrons. The number of nitrogens with zero attached hydrogens (tertiary/aromatic N) is 2. The molecule has 4 heteroatoms. The van der Waals surface area contributed by atoms with Crippen LogP contribution in [-0.4, -0.2) is 34.2 Å². The van der Waals surface area contributed by atoms with Gasteiger partial charge < -0.3 is 5.73 Å². The lowest BCUT2D eigenvalue weighted by Gasteiger charge is -2.30. The van der Waals surface area contributed by atoms with E-state index in [1.165, 1.54) is 17.5 Å². The summed E-state index contributed by atoms with van der Waals surface area (Å²) in [4.78, 5) is 2.41. The van der Waals surface area contributed by atoms with Gasteiger partial charge in [0.05, 0.1) is 11.2 Å². The van der Waals surface area contributed by atoms with Gasteiger partial charge in [0.15, 0.2) is 0 Å². The third kappa shape index (κ3) is 2.18. The average molecular weight is 230 g/mol. The molecule has 4 nitrogen and oxygen atoms in total. The lowest BCUT2D eigenvalue weighted by atomic mass is 10.1. The monoisotopic (exact) mass is 230 g/mol. The molecule has 1 fully saturated rings. The summed E-state index contributed by atoms with van der Waals surface area (Å²) >= 11 is 0. The van der Waals surface area contributed by atoms with E-state index in [0.29, 0.717) is 6.04 Å². The number of hydrogen-bond acceptors (Lipinski definition) is 3. The number of para-hydroxylation sites is 1. The Labute approximate surface area is 101 Å². The van der Waals surface area contributed by atoms with Crippen LogP contribution in [0, 0.1) is 0 Å². The highest BCUT2D eigenvalue weighted by Crippen LogP contribution is 2.18. The van der Waals surface area contributed by atoms with Crippen LogP contribution in [0.5, 0.6) is 0 Å². The topological polar surface area (TPSA) is 57.9 Å². The number of benzene rings is 1. The Bertz CT molecular complexity index is 505. The minimum absolute atomic E-state index is 0.331. The van der Waals surface area contributed by atoms with Crippen LogP contribution in [0.4, 0.5) is 0 Å². The highest BCUT2D eigenvalue weighted by molar-refractivity contribution is 5.81. The Kier molecular flexibility index (Phi) is 2.82. The molecule has 1 aromatic carbocycles. The Balaban J connectivity index is 1.80. The molecule has 17 heavy (non-hydrogen) atoms. The number of hydrogen-bond donors (Lipinski definition) is 2. The Morgan fingerprint density at radius 3 is 3.18 bits per heavy atom. The second-order valence-corrected chi connectivity index (χ2v) is 4.86. The van der Waals surface area contributed by atoms with Gasteiger partial charge in [0, 0.05) is 24.5 Å². The van der Waals surface area contributed by atoms with Crippen LogP contribution < -0.4 is 5.73 Å². The third-order valence-corrected chi connectivity index (χ3v) is 3.46. The molecule has 90 valence electrons. The number of nitrogens with one attached hydrogen (secondary N) is 1. The molecule has 0 aliphatic carbocycles. The molecule has 0 bridgehead atoms. The number of likely N-dealkylation sites (tertiary alicyclic amines) is 1. The van der Waals surface area contributed by atoms with Gasteiger partial charge in [-0.25, -0.2) is 0 Å². The summed E-state index contributed by atoms with van der Waals surface area (Å²) in [6.45, 7) is 3.06. The van der Waals surface area contributed by atoms with Crippen molar-refractivity contribution in [3.8, 4) is 0 Å². The van der Waals surface area contributed by atoms with Crippen molar-refractivity contribution < 1.29 is 0 Å².